The van der Waals surface area contributed by atoms with Crippen LogP contribution in [0.4, 0.5) is 0 Å². The van der Waals surface area contributed by atoms with Crippen LogP contribution in [0.15, 0.2) is 0 Å². The number of hydrogen-bond donors (Lipinski definition) is 1. The molecule has 4 heteroatoms. The highest BCUT2D eigenvalue weighted by Gasteiger charge is 2.42. The van der Waals surface area contributed by atoms with Gasteiger partial charge in [-0.3, -0.25) is 4.79 Å². The van der Waals surface area contributed by atoms with Crippen molar-refractivity contribution in [2.24, 2.45) is 5.92 Å². The van der Waals surface area contributed by atoms with E-state index in [2.05, 4.69) is 12.2 Å². The molecule has 16 heavy (non-hydrogen) atoms. The maximum Gasteiger partial charge on any atom is 0.249 e. The summed E-state index contributed by atoms with van der Waals surface area (Å²) in [5, 5.41) is 2.95. The molecule has 4 nitrogen and oxygen atoms in total. The van der Waals surface area contributed by atoms with Crippen molar-refractivity contribution in [1.29, 1.82) is 0 Å². The quantitative estimate of drug-likeness (QED) is 0.765. The predicted octanol–water partition coefficient (Wildman–Crippen LogP) is 1.10. The first-order valence-corrected chi connectivity index (χ1v) is 6.10. The van der Waals surface area contributed by atoms with Crippen molar-refractivity contribution in [3.05, 3.63) is 0 Å². The Labute approximate surface area is 96.7 Å². The van der Waals surface area contributed by atoms with Crippen LogP contribution >= 0.6 is 0 Å². The molecule has 0 aromatic carbocycles. The maximum atomic E-state index is 11.8. The Kier molecular flexibility index (Phi) is 3.50. The first kappa shape index (κ1) is 11.9. The molecule has 0 aromatic heterocycles. The van der Waals surface area contributed by atoms with E-state index in [9.17, 15) is 4.79 Å². The van der Waals surface area contributed by atoms with Crippen LogP contribution in [-0.2, 0) is 14.3 Å². The van der Waals surface area contributed by atoms with Crippen LogP contribution in [0, 0.1) is 5.92 Å². The van der Waals surface area contributed by atoms with Gasteiger partial charge in [0.25, 0.3) is 0 Å². The van der Waals surface area contributed by atoms with Crippen LogP contribution < -0.4 is 5.32 Å². The molecule has 1 heterocycles. The maximum absolute atomic E-state index is 11.8. The van der Waals surface area contributed by atoms with E-state index in [1.54, 1.807) is 7.11 Å². The lowest BCUT2D eigenvalue weighted by molar-refractivity contribution is -0.131. The molecule has 1 N–H and O–H groups in total. The number of amides is 1. The van der Waals surface area contributed by atoms with Gasteiger partial charge in [0.05, 0.1) is 5.60 Å². The normalized spacial score (nSPS) is 28.8. The SMILES string of the molecule is COC(C)(CNC(=O)[C@H]1CCCO1)C1CC1. The molecule has 1 amide bonds. The Bertz CT molecular complexity index is 259. The number of rotatable bonds is 5. The molecule has 1 unspecified atom stereocenters. The van der Waals surface area contributed by atoms with Gasteiger partial charge in [0.1, 0.15) is 6.10 Å². The molecular weight excluding hydrogens is 206 g/mol. The summed E-state index contributed by atoms with van der Waals surface area (Å²) in [5.41, 5.74) is -0.200. The topological polar surface area (TPSA) is 47.6 Å². The van der Waals surface area contributed by atoms with Crippen LogP contribution in [0.3, 0.4) is 0 Å². The van der Waals surface area contributed by atoms with E-state index in [1.807, 2.05) is 0 Å². The third kappa shape index (κ3) is 2.55. The van der Waals surface area contributed by atoms with Crippen molar-refractivity contribution in [1.82, 2.24) is 5.32 Å². The van der Waals surface area contributed by atoms with E-state index in [4.69, 9.17) is 9.47 Å². The lowest BCUT2D eigenvalue weighted by atomic mass is 10.00. The zero-order chi connectivity index (χ0) is 11.6. The molecule has 2 aliphatic rings. The minimum atomic E-state index is -0.236. The Balaban J connectivity index is 1.78. The second kappa shape index (κ2) is 4.72. The minimum absolute atomic E-state index is 0.0152. The molecule has 2 rings (SSSR count). The van der Waals surface area contributed by atoms with Gasteiger partial charge >= 0.3 is 0 Å². The first-order valence-electron chi connectivity index (χ1n) is 6.10. The van der Waals surface area contributed by atoms with Gasteiger partial charge in [0.2, 0.25) is 5.91 Å². The standard InChI is InChI=1S/C12H21NO3/c1-12(15-2,9-5-6-9)8-13-11(14)10-4-3-7-16-10/h9-10H,3-8H2,1-2H3,(H,13,14)/t10-,12?/m1/s1. The minimum Gasteiger partial charge on any atom is -0.376 e. The number of methoxy groups -OCH3 is 1. The van der Waals surface area contributed by atoms with Gasteiger partial charge in [-0.1, -0.05) is 0 Å². The van der Waals surface area contributed by atoms with Crippen molar-refractivity contribution >= 4 is 5.91 Å². The molecule has 1 aliphatic heterocycles. The summed E-state index contributed by atoms with van der Waals surface area (Å²) >= 11 is 0. The fraction of sp³-hybridized carbons (Fsp3) is 0.917. The molecule has 2 atom stereocenters. The fourth-order valence-electron chi connectivity index (χ4n) is 2.24. The van der Waals surface area contributed by atoms with E-state index in [1.165, 1.54) is 12.8 Å². The highest BCUT2D eigenvalue weighted by molar-refractivity contribution is 5.81. The summed E-state index contributed by atoms with van der Waals surface area (Å²) in [4.78, 5) is 11.8. The van der Waals surface area contributed by atoms with Crippen LogP contribution in [0.1, 0.15) is 32.6 Å². The van der Waals surface area contributed by atoms with Crippen LogP contribution in [0.25, 0.3) is 0 Å². The fourth-order valence-corrected chi connectivity index (χ4v) is 2.24. The summed E-state index contributed by atoms with van der Waals surface area (Å²) in [6.45, 7) is 3.37. The van der Waals surface area contributed by atoms with Gasteiger partial charge < -0.3 is 14.8 Å². The van der Waals surface area contributed by atoms with Gasteiger partial charge in [-0.2, -0.15) is 0 Å². The number of carbonyl (C=O) groups is 1. The third-order valence-corrected chi connectivity index (χ3v) is 3.74. The molecule has 2 fully saturated rings. The Morgan fingerprint density at radius 2 is 2.25 bits per heavy atom. The molecule has 1 saturated carbocycles. The molecule has 92 valence electrons. The first-order chi connectivity index (χ1) is 7.65. The second-order valence-corrected chi connectivity index (χ2v) is 5.01. The average molecular weight is 227 g/mol. The Morgan fingerprint density at radius 3 is 2.75 bits per heavy atom. The van der Waals surface area contributed by atoms with E-state index >= 15 is 0 Å². The van der Waals surface area contributed by atoms with Crippen LogP contribution in [0.2, 0.25) is 0 Å². The van der Waals surface area contributed by atoms with Gasteiger partial charge in [0.15, 0.2) is 0 Å². The highest BCUT2D eigenvalue weighted by Crippen LogP contribution is 2.41. The van der Waals surface area contributed by atoms with Crippen LogP contribution in [0.5, 0.6) is 0 Å². The van der Waals surface area contributed by atoms with Gasteiger partial charge in [0, 0.05) is 20.3 Å². The number of ether oxygens (including phenoxy) is 2. The van der Waals surface area contributed by atoms with E-state index in [0.29, 0.717) is 19.1 Å². The summed E-state index contributed by atoms with van der Waals surface area (Å²) in [6.07, 6.45) is 4.02. The lowest BCUT2D eigenvalue weighted by Crippen LogP contribution is -2.46. The Hall–Kier alpha value is -0.610. The largest absolute Gasteiger partial charge is 0.376 e. The summed E-state index contributed by atoms with van der Waals surface area (Å²) in [7, 11) is 1.72. The highest BCUT2D eigenvalue weighted by atomic mass is 16.5. The van der Waals surface area contributed by atoms with Crippen LogP contribution in [-0.4, -0.2) is 37.9 Å². The molecule has 0 spiro atoms. The average Bonchev–Trinajstić information content (AvgIpc) is 3.02. The van der Waals surface area contributed by atoms with Crippen molar-refractivity contribution in [2.45, 2.75) is 44.3 Å². The zero-order valence-corrected chi connectivity index (χ0v) is 10.1. The summed E-state index contributed by atoms with van der Waals surface area (Å²) < 4.78 is 10.9. The van der Waals surface area contributed by atoms with E-state index in [-0.39, 0.29) is 17.6 Å². The van der Waals surface area contributed by atoms with Crippen molar-refractivity contribution in [3.8, 4) is 0 Å². The summed E-state index contributed by atoms with van der Waals surface area (Å²) in [5.74, 6) is 0.615. The molecule has 1 aliphatic carbocycles. The monoisotopic (exact) mass is 227 g/mol. The lowest BCUT2D eigenvalue weighted by Gasteiger charge is -2.28. The number of hydrogen-bond acceptors (Lipinski definition) is 3. The molecule has 0 radical (unpaired) electrons. The van der Waals surface area contributed by atoms with Crippen molar-refractivity contribution in [3.63, 3.8) is 0 Å². The predicted molar refractivity (Wildman–Crippen MR) is 60.1 cm³/mol. The van der Waals surface area contributed by atoms with E-state index < -0.39 is 0 Å². The van der Waals surface area contributed by atoms with Crippen molar-refractivity contribution < 1.29 is 14.3 Å². The Morgan fingerprint density at radius 1 is 1.50 bits per heavy atom. The van der Waals surface area contributed by atoms with Crippen molar-refractivity contribution in [2.75, 3.05) is 20.3 Å². The number of nitrogens with one attached hydrogen (secondary N) is 1. The van der Waals surface area contributed by atoms with E-state index in [0.717, 1.165) is 12.8 Å². The second-order valence-electron chi connectivity index (χ2n) is 5.01. The van der Waals surface area contributed by atoms with Gasteiger partial charge in [-0.05, 0) is 38.5 Å². The van der Waals surface area contributed by atoms with Gasteiger partial charge in [-0.25, -0.2) is 0 Å². The van der Waals surface area contributed by atoms with Gasteiger partial charge in [-0.15, -0.1) is 0 Å². The smallest absolute Gasteiger partial charge is 0.249 e. The zero-order valence-electron chi connectivity index (χ0n) is 10.1. The summed E-state index contributed by atoms with van der Waals surface area (Å²) in [6, 6.07) is 0. The molecule has 0 aromatic rings. The third-order valence-electron chi connectivity index (χ3n) is 3.74. The molecule has 0 bridgehead atoms. The molecular formula is C12H21NO3. The number of carbonyl (C=O) groups excluding carboxylic acids is 1. The molecule has 1 saturated heterocycles.